The van der Waals surface area contributed by atoms with Crippen molar-refractivity contribution in [1.82, 2.24) is 9.97 Å². The number of rotatable bonds is 6. The number of amides is 1. The molecule has 7 nitrogen and oxygen atoms in total. The van der Waals surface area contributed by atoms with Crippen LogP contribution in [-0.2, 0) is 30.2 Å². The number of aromatic amines is 1. The standard InChI is InChI=1S/C28H25F3N4O3/c29-28(30,31)20-11-16(7-9-32)12-21(15-20)34-27(37)18-2-1-17-3-4-22(14-19(17)13-18)38-24-8-10-33-26-23(24)5-6-25(36)35-26/h3-6,8,10-12,14-15,18H,1-2,7,9,13,32H2,(H,34,37)(H,33,35,36). The number of halogens is 3. The number of alkyl halides is 3. The topological polar surface area (TPSA) is 110 Å². The molecule has 0 spiro atoms. The van der Waals surface area contributed by atoms with Gasteiger partial charge in [-0.3, -0.25) is 9.59 Å². The number of benzene rings is 2. The van der Waals surface area contributed by atoms with E-state index in [1.807, 2.05) is 18.2 Å². The smallest absolute Gasteiger partial charge is 0.416 e. The molecule has 38 heavy (non-hydrogen) atoms. The second-order valence-corrected chi connectivity index (χ2v) is 9.31. The van der Waals surface area contributed by atoms with E-state index in [0.717, 1.165) is 23.3 Å². The summed E-state index contributed by atoms with van der Waals surface area (Å²) in [5.41, 5.74) is 7.42. The largest absolute Gasteiger partial charge is 0.457 e. The molecule has 1 amide bonds. The molecule has 0 bridgehead atoms. The molecule has 1 atom stereocenters. The summed E-state index contributed by atoms with van der Waals surface area (Å²) in [6, 6.07) is 14.0. The lowest BCUT2D eigenvalue weighted by molar-refractivity contribution is -0.137. The molecule has 5 rings (SSSR count). The fourth-order valence-corrected chi connectivity index (χ4v) is 4.75. The fourth-order valence-electron chi connectivity index (χ4n) is 4.75. The van der Waals surface area contributed by atoms with Crippen molar-refractivity contribution in [2.75, 3.05) is 11.9 Å². The third-order valence-electron chi connectivity index (χ3n) is 6.62. The van der Waals surface area contributed by atoms with Gasteiger partial charge in [-0.2, -0.15) is 13.2 Å². The average molecular weight is 523 g/mol. The predicted molar refractivity (Wildman–Crippen MR) is 137 cm³/mol. The van der Waals surface area contributed by atoms with E-state index in [0.29, 0.717) is 47.4 Å². The van der Waals surface area contributed by atoms with Gasteiger partial charge in [-0.05, 0) is 91.4 Å². The first-order valence-corrected chi connectivity index (χ1v) is 12.2. The first-order valence-electron chi connectivity index (χ1n) is 12.2. The Hall–Kier alpha value is -4.18. The maximum atomic E-state index is 13.4. The summed E-state index contributed by atoms with van der Waals surface area (Å²) in [5, 5.41) is 3.34. The Bertz CT molecular complexity index is 1570. The van der Waals surface area contributed by atoms with Gasteiger partial charge in [0.2, 0.25) is 11.5 Å². The van der Waals surface area contributed by atoms with Gasteiger partial charge in [0.25, 0.3) is 0 Å². The number of nitrogens with two attached hydrogens (primary N) is 1. The highest BCUT2D eigenvalue weighted by atomic mass is 19.4. The molecule has 0 fully saturated rings. The van der Waals surface area contributed by atoms with Crippen LogP contribution < -0.4 is 21.3 Å². The van der Waals surface area contributed by atoms with Crippen LogP contribution in [0, 0.1) is 5.92 Å². The van der Waals surface area contributed by atoms with Crippen molar-refractivity contribution >= 4 is 22.6 Å². The molecule has 0 aliphatic heterocycles. The molecule has 196 valence electrons. The van der Waals surface area contributed by atoms with Crippen molar-refractivity contribution < 1.29 is 22.7 Å². The van der Waals surface area contributed by atoms with Gasteiger partial charge in [-0.1, -0.05) is 6.07 Å². The maximum absolute atomic E-state index is 13.4. The van der Waals surface area contributed by atoms with Crippen LogP contribution in [0.5, 0.6) is 11.5 Å². The molecule has 1 aliphatic carbocycles. The average Bonchev–Trinajstić information content (AvgIpc) is 2.88. The molecule has 0 saturated carbocycles. The van der Waals surface area contributed by atoms with E-state index < -0.39 is 17.7 Å². The van der Waals surface area contributed by atoms with Crippen LogP contribution >= 0.6 is 0 Å². The Labute approximate surface area is 215 Å². The van der Waals surface area contributed by atoms with Gasteiger partial charge >= 0.3 is 6.18 Å². The molecule has 2 aromatic carbocycles. The van der Waals surface area contributed by atoms with Crippen molar-refractivity contribution in [3.05, 3.63) is 93.4 Å². The lowest BCUT2D eigenvalue weighted by Crippen LogP contribution is -2.28. The number of ether oxygens (including phenoxy) is 1. The summed E-state index contributed by atoms with van der Waals surface area (Å²) in [5.74, 6) is 0.350. The van der Waals surface area contributed by atoms with Crippen molar-refractivity contribution in [2.24, 2.45) is 11.7 Å². The summed E-state index contributed by atoms with van der Waals surface area (Å²) in [7, 11) is 0. The molecule has 0 radical (unpaired) electrons. The quantitative estimate of drug-likeness (QED) is 0.331. The number of hydrogen-bond donors (Lipinski definition) is 3. The number of carbonyl (C=O) groups is 1. The molecule has 4 aromatic rings. The zero-order chi connectivity index (χ0) is 26.9. The normalized spacial score (nSPS) is 15.2. The lowest BCUT2D eigenvalue weighted by Gasteiger charge is -2.25. The molecule has 4 N–H and O–H groups in total. The number of aromatic nitrogens is 2. The van der Waals surface area contributed by atoms with E-state index >= 15 is 0 Å². The van der Waals surface area contributed by atoms with E-state index in [4.69, 9.17) is 10.5 Å². The maximum Gasteiger partial charge on any atom is 0.416 e. The zero-order valence-corrected chi connectivity index (χ0v) is 20.3. The van der Waals surface area contributed by atoms with Crippen LogP contribution in [-0.4, -0.2) is 22.4 Å². The second kappa shape index (κ2) is 10.3. The number of nitrogens with zero attached hydrogens (tertiary/aromatic N) is 1. The Morgan fingerprint density at radius 1 is 1.11 bits per heavy atom. The second-order valence-electron chi connectivity index (χ2n) is 9.31. The summed E-state index contributed by atoms with van der Waals surface area (Å²) < 4.78 is 46.2. The van der Waals surface area contributed by atoms with Crippen LogP contribution in [0.2, 0.25) is 0 Å². The van der Waals surface area contributed by atoms with Gasteiger partial charge < -0.3 is 20.8 Å². The number of nitrogens with one attached hydrogen (secondary N) is 2. The third kappa shape index (κ3) is 5.55. The summed E-state index contributed by atoms with van der Waals surface area (Å²) >= 11 is 0. The highest BCUT2D eigenvalue weighted by Crippen LogP contribution is 2.35. The minimum absolute atomic E-state index is 0.110. The number of fused-ring (bicyclic) bond motifs is 2. The number of aryl methyl sites for hydroxylation is 1. The van der Waals surface area contributed by atoms with Crippen molar-refractivity contribution in [2.45, 2.75) is 31.9 Å². The number of hydrogen-bond acceptors (Lipinski definition) is 5. The Kier molecular flexibility index (Phi) is 6.90. The first kappa shape index (κ1) is 25.5. The Morgan fingerprint density at radius 3 is 2.74 bits per heavy atom. The molecular weight excluding hydrogens is 497 g/mol. The van der Waals surface area contributed by atoms with E-state index in [9.17, 15) is 22.8 Å². The lowest BCUT2D eigenvalue weighted by atomic mass is 9.83. The van der Waals surface area contributed by atoms with Crippen LogP contribution in [0.1, 0.15) is 28.7 Å². The number of pyridine rings is 2. The van der Waals surface area contributed by atoms with Crippen LogP contribution in [0.3, 0.4) is 0 Å². The van der Waals surface area contributed by atoms with Crippen LogP contribution in [0.15, 0.2) is 65.6 Å². The number of H-pyrrole nitrogens is 1. The van der Waals surface area contributed by atoms with Gasteiger partial charge in [0.1, 0.15) is 17.1 Å². The van der Waals surface area contributed by atoms with Crippen LogP contribution in [0.25, 0.3) is 11.0 Å². The van der Waals surface area contributed by atoms with Crippen LogP contribution in [0.4, 0.5) is 18.9 Å². The molecular formula is C28H25F3N4O3. The minimum Gasteiger partial charge on any atom is -0.457 e. The number of anilines is 1. The molecule has 0 saturated heterocycles. The SMILES string of the molecule is NCCc1cc(NC(=O)C2CCc3ccc(Oc4ccnc5[nH]c(=O)ccc45)cc3C2)cc(C(F)(F)F)c1. The highest BCUT2D eigenvalue weighted by molar-refractivity contribution is 5.93. The fraction of sp³-hybridized carbons (Fsp3) is 0.250. The number of carbonyl (C=O) groups excluding carboxylic acids is 1. The van der Waals surface area contributed by atoms with Crippen molar-refractivity contribution in [3.63, 3.8) is 0 Å². The molecule has 1 aliphatic rings. The molecule has 2 aromatic heterocycles. The summed E-state index contributed by atoms with van der Waals surface area (Å²) in [6.45, 7) is 0.200. The highest BCUT2D eigenvalue weighted by Gasteiger charge is 2.32. The van der Waals surface area contributed by atoms with E-state index in [1.165, 1.54) is 12.1 Å². The van der Waals surface area contributed by atoms with Gasteiger partial charge in [0.05, 0.1) is 10.9 Å². The molecule has 10 heteroatoms. The van der Waals surface area contributed by atoms with Crippen molar-refractivity contribution in [3.8, 4) is 11.5 Å². The molecule has 1 unspecified atom stereocenters. The summed E-state index contributed by atoms with van der Waals surface area (Å²) in [4.78, 5) is 31.5. The van der Waals surface area contributed by atoms with Gasteiger partial charge in [0, 0.05) is 23.9 Å². The minimum atomic E-state index is -4.53. The Balaban J connectivity index is 1.34. The van der Waals surface area contributed by atoms with Gasteiger partial charge in [0.15, 0.2) is 0 Å². The monoisotopic (exact) mass is 522 g/mol. The van der Waals surface area contributed by atoms with Crippen molar-refractivity contribution in [1.29, 1.82) is 0 Å². The first-order chi connectivity index (χ1) is 18.2. The zero-order valence-electron chi connectivity index (χ0n) is 20.3. The Morgan fingerprint density at radius 2 is 1.95 bits per heavy atom. The van der Waals surface area contributed by atoms with E-state index in [2.05, 4.69) is 15.3 Å². The van der Waals surface area contributed by atoms with Gasteiger partial charge in [-0.25, -0.2) is 4.98 Å². The molecule has 2 heterocycles. The van der Waals surface area contributed by atoms with Gasteiger partial charge in [-0.15, -0.1) is 0 Å². The predicted octanol–water partition coefficient (Wildman–Crippen LogP) is 4.98. The van der Waals surface area contributed by atoms with E-state index in [1.54, 1.807) is 18.3 Å². The third-order valence-corrected chi connectivity index (χ3v) is 6.62. The summed E-state index contributed by atoms with van der Waals surface area (Å²) in [6.07, 6.45) is -1.05. The van der Waals surface area contributed by atoms with E-state index in [-0.39, 0.29) is 30.1 Å².